The molecule has 0 unspecified atom stereocenters. The molecule has 4 nitrogen and oxygen atoms in total. The fraction of sp³-hybridized carbons (Fsp3) is 0.500. The van der Waals surface area contributed by atoms with Gasteiger partial charge in [0.05, 0.1) is 11.9 Å². The third-order valence-corrected chi connectivity index (χ3v) is 4.14. The standard InChI is InChI=1S/C12H16FNO3S/c13-11-5-3-10(4-6-11)9-18(15,16)14-8-12-2-1-7-17-12/h3-6,12,14H,1-2,7-9H2/t12-/m1/s1. The summed E-state index contributed by atoms with van der Waals surface area (Å²) in [7, 11) is -3.39. The zero-order valence-electron chi connectivity index (χ0n) is 9.93. The maximum absolute atomic E-state index is 12.7. The highest BCUT2D eigenvalue weighted by atomic mass is 32.2. The Hall–Kier alpha value is -0.980. The Balaban J connectivity index is 1.88. The van der Waals surface area contributed by atoms with Crippen LogP contribution in [-0.2, 0) is 20.5 Å². The van der Waals surface area contributed by atoms with Crippen molar-refractivity contribution in [2.45, 2.75) is 24.7 Å². The molecule has 0 bridgehead atoms. The quantitative estimate of drug-likeness (QED) is 0.883. The van der Waals surface area contributed by atoms with Gasteiger partial charge in [0.1, 0.15) is 5.82 Å². The van der Waals surface area contributed by atoms with Crippen LogP contribution in [0.15, 0.2) is 24.3 Å². The molecule has 1 aromatic rings. The molecule has 1 N–H and O–H groups in total. The van der Waals surface area contributed by atoms with E-state index in [0.29, 0.717) is 18.7 Å². The first-order valence-corrected chi connectivity index (χ1v) is 7.54. The SMILES string of the molecule is O=S(=O)(Cc1ccc(F)cc1)NC[C@H]1CCCO1. The lowest BCUT2D eigenvalue weighted by Crippen LogP contribution is -2.32. The molecule has 1 aromatic carbocycles. The fourth-order valence-corrected chi connectivity index (χ4v) is 3.05. The molecule has 1 atom stereocenters. The van der Waals surface area contributed by atoms with Crippen molar-refractivity contribution in [3.05, 3.63) is 35.6 Å². The molecule has 0 aliphatic carbocycles. The lowest BCUT2D eigenvalue weighted by molar-refractivity contribution is 0.114. The van der Waals surface area contributed by atoms with Crippen molar-refractivity contribution < 1.29 is 17.5 Å². The summed E-state index contributed by atoms with van der Waals surface area (Å²) in [6.07, 6.45) is 1.84. The third-order valence-electron chi connectivity index (χ3n) is 2.82. The monoisotopic (exact) mass is 273 g/mol. The number of rotatable bonds is 5. The van der Waals surface area contributed by atoms with Crippen LogP contribution in [0.2, 0.25) is 0 Å². The zero-order valence-corrected chi connectivity index (χ0v) is 10.7. The molecule has 0 radical (unpaired) electrons. The summed E-state index contributed by atoms with van der Waals surface area (Å²) in [5, 5.41) is 0. The Labute approximate surface area is 106 Å². The van der Waals surface area contributed by atoms with Gasteiger partial charge in [0.25, 0.3) is 0 Å². The van der Waals surface area contributed by atoms with E-state index in [9.17, 15) is 12.8 Å². The third kappa shape index (κ3) is 4.04. The van der Waals surface area contributed by atoms with Crippen molar-refractivity contribution in [1.82, 2.24) is 4.72 Å². The summed E-state index contributed by atoms with van der Waals surface area (Å²) in [4.78, 5) is 0. The molecule has 1 aliphatic heterocycles. The van der Waals surface area contributed by atoms with Gasteiger partial charge < -0.3 is 4.74 Å². The van der Waals surface area contributed by atoms with Crippen molar-refractivity contribution >= 4 is 10.0 Å². The number of halogens is 1. The highest BCUT2D eigenvalue weighted by Gasteiger charge is 2.19. The molecular weight excluding hydrogens is 257 g/mol. The first-order chi connectivity index (χ1) is 8.55. The predicted molar refractivity (Wildman–Crippen MR) is 66.0 cm³/mol. The van der Waals surface area contributed by atoms with Crippen LogP contribution in [0.1, 0.15) is 18.4 Å². The Morgan fingerprint density at radius 2 is 2.06 bits per heavy atom. The van der Waals surface area contributed by atoms with Crippen LogP contribution in [0.5, 0.6) is 0 Å². The minimum Gasteiger partial charge on any atom is -0.377 e. The van der Waals surface area contributed by atoms with Crippen molar-refractivity contribution in [2.75, 3.05) is 13.2 Å². The van der Waals surface area contributed by atoms with E-state index >= 15 is 0 Å². The lowest BCUT2D eigenvalue weighted by Gasteiger charge is -2.11. The molecule has 0 aromatic heterocycles. The maximum atomic E-state index is 12.7. The summed E-state index contributed by atoms with van der Waals surface area (Å²) in [6.45, 7) is 1.01. The van der Waals surface area contributed by atoms with Gasteiger partial charge in [-0.25, -0.2) is 17.5 Å². The van der Waals surface area contributed by atoms with Gasteiger partial charge in [0, 0.05) is 13.2 Å². The average Bonchev–Trinajstić information content (AvgIpc) is 2.83. The summed E-state index contributed by atoms with van der Waals surface area (Å²) in [5.41, 5.74) is 0.566. The van der Waals surface area contributed by atoms with Crippen LogP contribution in [0.25, 0.3) is 0 Å². The van der Waals surface area contributed by atoms with Crippen LogP contribution in [-0.4, -0.2) is 27.7 Å². The molecule has 100 valence electrons. The fourth-order valence-electron chi connectivity index (χ4n) is 1.88. The van der Waals surface area contributed by atoms with Crippen molar-refractivity contribution in [1.29, 1.82) is 0 Å². The second kappa shape index (κ2) is 5.77. The van der Waals surface area contributed by atoms with E-state index in [1.54, 1.807) is 0 Å². The Kier molecular flexibility index (Phi) is 4.31. The largest absolute Gasteiger partial charge is 0.377 e. The number of hydrogen-bond donors (Lipinski definition) is 1. The second-order valence-electron chi connectivity index (χ2n) is 4.37. The molecule has 1 aliphatic rings. The molecule has 0 spiro atoms. The minimum atomic E-state index is -3.39. The molecule has 1 heterocycles. The summed E-state index contributed by atoms with van der Waals surface area (Å²) >= 11 is 0. The summed E-state index contributed by atoms with van der Waals surface area (Å²) < 4.78 is 44.1. The summed E-state index contributed by atoms with van der Waals surface area (Å²) in [6, 6.07) is 5.46. The van der Waals surface area contributed by atoms with Crippen LogP contribution in [0.4, 0.5) is 4.39 Å². The number of hydrogen-bond acceptors (Lipinski definition) is 3. The van der Waals surface area contributed by atoms with E-state index in [-0.39, 0.29) is 17.7 Å². The molecular formula is C12H16FNO3S. The number of ether oxygens (including phenoxy) is 1. The number of benzene rings is 1. The van der Waals surface area contributed by atoms with Gasteiger partial charge in [0.15, 0.2) is 0 Å². The molecule has 6 heteroatoms. The van der Waals surface area contributed by atoms with Crippen molar-refractivity contribution in [3.63, 3.8) is 0 Å². The first-order valence-electron chi connectivity index (χ1n) is 5.88. The van der Waals surface area contributed by atoms with Crippen LogP contribution >= 0.6 is 0 Å². The van der Waals surface area contributed by atoms with Gasteiger partial charge in [-0.1, -0.05) is 12.1 Å². The molecule has 0 saturated carbocycles. The van der Waals surface area contributed by atoms with E-state index in [1.807, 2.05) is 0 Å². The molecule has 1 saturated heterocycles. The highest BCUT2D eigenvalue weighted by molar-refractivity contribution is 7.88. The molecule has 18 heavy (non-hydrogen) atoms. The van der Waals surface area contributed by atoms with E-state index in [1.165, 1.54) is 24.3 Å². The topological polar surface area (TPSA) is 55.4 Å². The van der Waals surface area contributed by atoms with Gasteiger partial charge in [-0.15, -0.1) is 0 Å². The van der Waals surface area contributed by atoms with Gasteiger partial charge in [0.2, 0.25) is 10.0 Å². The normalized spacial score (nSPS) is 20.2. The van der Waals surface area contributed by atoms with Crippen LogP contribution < -0.4 is 4.72 Å². The van der Waals surface area contributed by atoms with Gasteiger partial charge >= 0.3 is 0 Å². The predicted octanol–water partition coefficient (Wildman–Crippen LogP) is 1.42. The maximum Gasteiger partial charge on any atom is 0.215 e. The van der Waals surface area contributed by atoms with Gasteiger partial charge in [-0.05, 0) is 30.5 Å². The van der Waals surface area contributed by atoms with Crippen LogP contribution in [0, 0.1) is 5.82 Å². The van der Waals surface area contributed by atoms with E-state index in [4.69, 9.17) is 4.74 Å². The first kappa shape index (κ1) is 13.5. The molecule has 1 fully saturated rings. The van der Waals surface area contributed by atoms with Gasteiger partial charge in [-0.2, -0.15) is 0 Å². The van der Waals surface area contributed by atoms with Crippen molar-refractivity contribution in [3.8, 4) is 0 Å². The molecule has 2 rings (SSSR count). The average molecular weight is 273 g/mol. The Morgan fingerprint density at radius 1 is 1.33 bits per heavy atom. The number of sulfonamides is 1. The summed E-state index contributed by atoms with van der Waals surface area (Å²) in [5.74, 6) is -0.511. The van der Waals surface area contributed by atoms with Gasteiger partial charge in [-0.3, -0.25) is 0 Å². The Morgan fingerprint density at radius 3 is 2.67 bits per heavy atom. The second-order valence-corrected chi connectivity index (χ2v) is 6.18. The number of nitrogens with one attached hydrogen (secondary N) is 1. The smallest absolute Gasteiger partial charge is 0.215 e. The lowest BCUT2D eigenvalue weighted by atomic mass is 10.2. The van der Waals surface area contributed by atoms with E-state index in [2.05, 4.69) is 4.72 Å². The van der Waals surface area contributed by atoms with Crippen LogP contribution in [0.3, 0.4) is 0 Å². The molecule has 0 amide bonds. The zero-order chi connectivity index (χ0) is 13.0. The van der Waals surface area contributed by atoms with Crippen molar-refractivity contribution in [2.24, 2.45) is 0 Å². The Bertz CT molecular complexity index is 481. The highest BCUT2D eigenvalue weighted by Crippen LogP contribution is 2.12. The minimum absolute atomic E-state index is 0.0204. The van der Waals surface area contributed by atoms with E-state index < -0.39 is 10.0 Å². The van der Waals surface area contributed by atoms with E-state index in [0.717, 1.165) is 12.8 Å².